The Kier molecular flexibility index (Phi) is 4.55. The van der Waals surface area contributed by atoms with Gasteiger partial charge in [-0.15, -0.1) is 0 Å². The number of imide groups is 1. The summed E-state index contributed by atoms with van der Waals surface area (Å²) in [5.74, 6) is -0.732. The van der Waals surface area contributed by atoms with E-state index >= 15 is 0 Å². The fourth-order valence-electron chi connectivity index (χ4n) is 2.54. The molecule has 1 aromatic carbocycles. The van der Waals surface area contributed by atoms with E-state index in [9.17, 15) is 14.4 Å². The van der Waals surface area contributed by atoms with Crippen LogP contribution in [-0.4, -0.2) is 45.6 Å². The fourth-order valence-corrected chi connectivity index (χ4v) is 2.54. The van der Waals surface area contributed by atoms with E-state index in [0.717, 1.165) is 5.56 Å². The molecule has 1 aromatic heterocycles. The Morgan fingerprint density at radius 3 is 2.67 bits per heavy atom. The number of nitrogens with zero attached hydrogens (tertiary/aromatic N) is 3. The van der Waals surface area contributed by atoms with Crippen LogP contribution in [0.4, 0.5) is 4.79 Å². The van der Waals surface area contributed by atoms with Crippen molar-refractivity contribution in [1.29, 1.82) is 0 Å². The van der Waals surface area contributed by atoms with Crippen LogP contribution in [0, 0.1) is 0 Å². The summed E-state index contributed by atoms with van der Waals surface area (Å²) in [7, 11) is 0. The SMILES string of the molecule is O=C1CN(CC(=O)N[C@@H](Cn2cccn2)c2ccccc2)C(=O)N1. The smallest absolute Gasteiger partial charge is 0.325 e. The van der Waals surface area contributed by atoms with Crippen molar-refractivity contribution in [3.63, 3.8) is 0 Å². The Morgan fingerprint density at radius 2 is 2.04 bits per heavy atom. The lowest BCUT2D eigenvalue weighted by atomic mass is 10.1. The van der Waals surface area contributed by atoms with Crippen molar-refractivity contribution in [2.45, 2.75) is 12.6 Å². The summed E-state index contributed by atoms with van der Waals surface area (Å²) in [4.78, 5) is 36.2. The molecule has 2 aromatic rings. The highest BCUT2D eigenvalue weighted by Gasteiger charge is 2.28. The highest BCUT2D eigenvalue weighted by molar-refractivity contribution is 6.03. The lowest BCUT2D eigenvalue weighted by Crippen LogP contribution is -2.41. The second-order valence-electron chi connectivity index (χ2n) is 5.47. The molecule has 2 heterocycles. The van der Waals surface area contributed by atoms with Gasteiger partial charge in [-0.25, -0.2) is 4.79 Å². The molecule has 1 aliphatic heterocycles. The van der Waals surface area contributed by atoms with Gasteiger partial charge in [-0.3, -0.25) is 19.6 Å². The van der Waals surface area contributed by atoms with Crippen molar-refractivity contribution in [2.24, 2.45) is 0 Å². The molecule has 24 heavy (non-hydrogen) atoms. The van der Waals surface area contributed by atoms with E-state index in [1.165, 1.54) is 4.90 Å². The van der Waals surface area contributed by atoms with E-state index in [4.69, 9.17) is 0 Å². The Morgan fingerprint density at radius 1 is 1.25 bits per heavy atom. The molecule has 1 aliphatic rings. The van der Waals surface area contributed by atoms with Gasteiger partial charge in [0.05, 0.1) is 12.6 Å². The van der Waals surface area contributed by atoms with Gasteiger partial charge >= 0.3 is 6.03 Å². The molecular weight excluding hydrogens is 310 g/mol. The van der Waals surface area contributed by atoms with Crippen LogP contribution < -0.4 is 10.6 Å². The van der Waals surface area contributed by atoms with Gasteiger partial charge in [0.15, 0.2) is 0 Å². The molecule has 0 unspecified atom stereocenters. The maximum absolute atomic E-state index is 12.3. The number of hydrogen-bond acceptors (Lipinski definition) is 4. The predicted octanol–water partition coefficient (Wildman–Crippen LogP) is 0.292. The number of amides is 4. The van der Waals surface area contributed by atoms with E-state index in [1.807, 2.05) is 42.6 Å². The second kappa shape index (κ2) is 6.95. The van der Waals surface area contributed by atoms with Crippen LogP contribution in [0.15, 0.2) is 48.8 Å². The summed E-state index contributed by atoms with van der Waals surface area (Å²) in [5, 5.41) is 9.21. The molecule has 4 amide bonds. The van der Waals surface area contributed by atoms with E-state index in [2.05, 4.69) is 15.7 Å². The number of carbonyl (C=O) groups excluding carboxylic acids is 3. The van der Waals surface area contributed by atoms with Crippen LogP contribution >= 0.6 is 0 Å². The summed E-state index contributed by atoms with van der Waals surface area (Å²) in [5.41, 5.74) is 0.934. The zero-order valence-corrected chi connectivity index (χ0v) is 12.9. The number of rotatable bonds is 6. The van der Waals surface area contributed by atoms with Crippen LogP contribution in [0.5, 0.6) is 0 Å². The molecule has 2 N–H and O–H groups in total. The molecule has 124 valence electrons. The summed E-state index contributed by atoms with van der Waals surface area (Å²) in [6, 6.07) is 10.5. The van der Waals surface area contributed by atoms with Crippen LogP contribution in [0.3, 0.4) is 0 Å². The molecule has 0 saturated carbocycles. The average Bonchev–Trinajstić information content (AvgIpc) is 3.17. The van der Waals surface area contributed by atoms with Crippen molar-refractivity contribution in [2.75, 3.05) is 13.1 Å². The lowest BCUT2D eigenvalue weighted by molar-refractivity contribution is -0.122. The standard InChI is InChI=1S/C16H17N5O3/c22-14(10-20-11-15(23)19-16(20)24)18-13(9-21-8-4-7-17-21)12-5-2-1-3-6-12/h1-8,13H,9-11H2,(H,18,22)(H,19,23,24)/t13-/m0/s1. The molecule has 1 atom stereocenters. The largest absolute Gasteiger partial charge is 0.346 e. The minimum absolute atomic E-state index is 0.0958. The number of benzene rings is 1. The predicted molar refractivity (Wildman–Crippen MR) is 84.7 cm³/mol. The first-order valence-corrected chi connectivity index (χ1v) is 7.52. The number of hydrogen-bond donors (Lipinski definition) is 2. The molecule has 3 rings (SSSR count). The summed E-state index contributed by atoms with van der Waals surface area (Å²) < 4.78 is 1.73. The van der Waals surface area contributed by atoms with Gasteiger partial charge in [0.1, 0.15) is 13.1 Å². The highest BCUT2D eigenvalue weighted by Crippen LogP contribution is 2.14. The number of aromatic nitrogens is 2. The first-order chi connectivity index (χ1) is 11.6. The normalized spacial score (nSPS) is 15.2. The quantitative estimate of drug-likeness (QED) is 0.746. The first kappa shape index (κ1) is 15.7. The Balaban J connectivity index is 1.68. The lowest BCUT2D eigenvalue weighted by Gasteiger charge is -2.21. The molecule has 1 fully saturated rings. The highest BCUT2D eigenvalue weighted by atomic mass is 16.2. The number of nitrogens with one attached hydrogen (secondary N) is 2. The van der Waals surface area contributed by atoms with Crippen molar-refractivity contribution >= 4 is 17.8 Å². The second-order valence-corrected chi connectivity index (χ2v) is 5.47. The van der Waals surface area contributed by atoms with Gasteiger partial charge in [-0.05, 0) is 11.6 Å². The third-order valence-corrected chi connectivity index (χ3v) is 3.67. The summed E-state index contributed by atoms with van der Waals surface area (Å²) >= 11 is 0. The van der Waals surface area contributed by atoms with E-state index in [1.54, 1.807) is 10.9 Å². The van der Waals surface area contributed by atoms with Crippen molar-refractivity contribution in [1.82, 2.24) is 25.3 Å². The van der Waals surface area contributed by atoms with Crippen LogP contribution in [-0.2, 0) is 16.1 Å². The summed E-state index contributed by atoms with van der Waals surface area (Å²) in [6.07, 6.45) is 3.48. The Hall–Kier alpha value is -3.16. The minimum Gasteiger partial charge on any atom is -0.346 e. The Labute approximate surface area is 138 Å². The van der Waals surface area contributed by atoms with E-state index in [0.29, 0.717) is 6.54 Å². The Bertz CT molecular complexity index is 729. The fraction of sp³-hybridized carbons (Fsp3) is 0.250. The molecular formula is C16H17N5O3. The van der Waals surface area contributed by atoms with Gasteiger partial charge in [-0.2, -0.15) is 5.10 Å². The monoisotopic (exact) mass is 327 g/mol. The summed E-state index contributed by atoms with van der Waals surface area (Å²) in [6.45, 7) is 0.204. The molecule has 8 nitrogen and oxygen atoms in total. The molecule has 0 aliphatic carbocycles. The van der Waals surface area contributed by atoms with E-state index in [-0.39, 0.29) is 25.0 Å². The topological polar surface area (TPSA) is 96.3 Å². The maximum atomic E-state index is 12.3. The molecule has 1 saturated heterocycles. The number of carbonyl (C=O) groups is 3. The van der Waals surface area contributed by atoms with Gasteiger partial charge in [0.25, 0.3) is 0 Å². The van der Waals surface area contributed by atoms with Crippen LogP contribution in [0.2, 0.25) is 0 Å². The van der Waals surface area contributed by atoms with E-state index < -0.39 is 11.9 Å². The molecule has 0 bridgehead atoms. The van der Waals surface area contributed by atoms with Crippen molar-refractivity contribution in [3.8, 4) is 0 Å². The molecule has 0 spiro atoms. The minimum atomic E-state index is -0.543. The molecule has 8 heteroatoms. The molecule has 0 radical (unpaired) electrons. The van der Waals surface area contributed by atoms with Crippen molar-refractivity contribution < 1.29 is 14.4 Å². The zero-order chi connectivity index (χ0) is 16.9. The van der Waals surface area contributed by atoms with Crippen LogP contribution in [0.1, 0.15) is 11.6 Å². The zero-order valence-electron chi connectivity index (χ0n) is 12.9. The van der Waals surface area contributed by atoms with Gasteiger partial charge < -0.3 is 10.2 Å². The maximum Gasteiger partial charge on any atom is 0.325 e. The first-order valence-electron chi connectivity index (χ1n) is 7.52. The third kappa shape index (κ3) is 3.78. The van der Waals surface area contributed by atoms with Gasteiger partial charge in [0, 0.05) is 12.4 Å². The third-order valence-electron chi connectivity index (χ3n) is 3.67. The average molecular weight is 327 g/mol. The van der Waals surface area contributed by atoms with Gasteiger partial charge in [-0.1, -0.05) is 30.3 Å². The van der Waals surface area contributed by atoms with Crippen LogP contribution in [0.25, 0.3) is 0 Å². The number of urea groups is 1. The van der Waals surface area contributed by atoms with Crippen molar-refractivity contribution in [3.05, 3.63) is 54.4 Å². The van der Waals surface area contributed by atoms with Gasteiger partial charge in [0.2, 0.25) is 11.8 Å².